The summed E-state index contributed by atoms with van der Waals surface area (Å²) < 4.78 is 5.04. The average molecular weight is 367 g/mol. The van der Waals surface area contributed by atoms with Gasteiger partial charge in [-0.25, -0.2) is 4.79 Å². The van der Waals surface area contributed by atoms with Gasteiger partial charge in [-0.05, 0) is 30.7 Å². The summed E-state index contributed by atoms with van der Waals surface area (Å²) in [6, 6.07) is 10.2. The molecular formula is C17H16Cl2N2O3. The first-order valence-electron chi connectivity index (χ1n) is 7.12. The number of halogens is 2. The van der Waals surface area contributed by atoms with E-state index in [-0.39, 0.29) is 0 Å². The van der Waals surface area contributed by atoms with Gasteiger partial charge in [0.25, 0.3) is 5.91 Å². The highest BCUT2D eigenvalue weighted by molar-refractivity contribution is 6.40. The topological polar surface area (TPSA) is 67.4 Å². The number of benzene rings is 2. The van der Waals surface area contributed by atoms with Crippen molar-refractivity contribution < 1.29 is 14.3 Å². The minimum absolute atomic E-state index is 0.301. The normalized spacial score (nSPS) is 10.2. The second-order valence-electron chi connectivity index (χ2n) is 4.97. The van der Waals surface area contributed by atoms with Crippen molar-refractivity contribution in [1.82, 2.24) is 0 Å². The lowest BCUT2D eigenvalue weighted by molar-refractivity contribution is -0.119. The first kappa shape index (κ1) is 18.1. The largest absolute Gasteiger partial charge is 0.452 e. The molecule has 2 N–H and O–H groups in total. The number of amides is 1. The summed E-state index contributed by atoms with van der Waals surface area (Å²) in [6.45, 7) is 1.35. The van der Waals surface area contributed by atoms with Crippen LogP contribution < -0.4 is 10.6 Å². The summed E-state index contributed by atoms with van der Waals surface area (Å²) in [5.41, 5.74) is 2.04. The van der Waals surface area contributed by atoms with Crippen molar-refractivity contribution in [1.29, 1.82) is 0 Å². The highest BCUT2D eigenvalue weighted by Crippen LogP contribution is 2.32. The molecule has 0 unspecified atom stereocenters. The van der Waals surface area contributed by atoms with Crippen molar-refractivity contribution in [2.45, 2.75) is 6.92 Å². The van der Waals surface area contributed by atoms with E-state index in [2.05, 4.69) is 10.6 Å². The van der Waals surface area contributed by atoms with Crippen molar-refractivity contribution in [3.63, 3.8) is 0 Å². The highest BCUT2D eigenvalue weighted by atomic mass is 35.5. The number of hydrogen-bond acceptors (Lipinski definition) is 4. The maximum atomic E-state index is 12.1. The molecule has 0 atom stereocenters. The van der Waals surface area contributed by atoms with E-state index in [1.165, 1.54) is 0 Å². The number of hydrogen-bond donors (Lipinski definition) is 2. The number of nitrogens with one attached hydrogen (secondary N) is 2. The Labute approximate surface area is 149 Å². The molecule has 0 aliphatic carbocycles. The fourth-order valence-electron chi connectivity index (χ4n) is 2.03. The van der Waals surface area contributed by atoms with Gasteiger partial charge in [-0.1, -0.05) is 41.4 Å². The Morgan fingerprint density at radius 1 is 1.12 bits per heavy atom. The van der Waals surface area contributed by atoms with Crippen LogP contribution in [0.2, 0.25) is 10.0 Å². The second kappa shape index (κ2) is 8.04. The van der Waals surface area contributed by atoms with Crippen molar-refractivity contribution >= 4 is 46.5 Å². The molecule has 24 heavy (non-hydrogen) atoms. The zero-order valence-electron chi connectivity index (χ0n) is 13.2. The van der Waals surface area contributed by atoms with Crippen molar-refractivity contribution in [2.75, 3.05) is 24.3 Å². The molecule has 0 bridgehead atoms. The number of ether oxygens (including phenoxy) is 1. The summed E-state index contributed by atoms with van der Waals surface area (Å²) in [4.78, 5) is 24.1. The molecule has 0 aliphatic rings. The molecule has 7 heteroatoms. The van der Waals surface area contributed by atoms with Crippen LogP contribution >= 0.6 is 23.2 Å². The number of carbonyl (C=O) groups is 2. The lowest BCUT2D eigenvalue weighted by Gasteiger charge is -2.12. The molecule has 0 fully saturated rings. The zero-order chi connectivity index (χ0) is 17.7. The number of anilines is 2. The van der Waals surface area contributed by atoms with Gasteiger partial charge in [-0.15, -0.1) is 0 Å². The van der Waals surface area contributed by atoms with E-state index in [1.54, 1.807) is 50.4 Å². The summed E-state index contributed by atoms with van der Waals surface area (Å²) in [6.07, 6.45) is 0. The van der Waals surface area contributed by atoms with E-state index in [1.807, 2.05) is 0 Å². The molecule has 1 amide bonds. The summed E-state index contributed by atoms with van der Waals surface area (Å²) in [5.74, 6) is -1.13. The Kier molecular flexibility index (Phi) is 6.06. The highest BCUT2D eigenvalue weighted by Gasteiger charge is 2.16. The SMILES string of the molecule is CNc1ccccc1C(=O)OCC(=O)Nc1c(Cl)ccc(C)c1Cl. The number of esters is 1. The van der Waals surface area contributed by atoms with Gasteiger partial charge in [0, 0.05) is 12.7 Å². The van der Waals surface area contributed by atoms with Gasteiger partial charge >= 0.3 is 5.97 Å². The van der Waals surface area contributed by atoms with Gasteiger partial charge in [0.05, 0.1) is 21.3 Å². The fraction of sp³-hybridized carbons (Fsp3) is 0.176. The Balaban J connectivity index is 2.01. The first-order valence-corrected chi connectivity index (χ1v) is 7.88. The van der Waals surface area contributed by atoms with Crippen LogP contribution in [-0.2, 0) is 9.53 Å². The molecule has 0 saturated carbocycles. The predicted octanol–water partition coefficient (Wildman–Crippen LogP) is 4.14. The number of para-hydroxylation sites is 1. The second-order valence-corrected chi connectivity index (χ2v) is 5.76. The van der Waals surface area contributed by atoms with E-state index >= 15 is 0 Å². The van der Waals surface area contributed by atoms with Crippen LogP contribution in [0.25, 0.3) is 0 Å². The Morgan fingerprint density at radius 3 is 2.54 bits per heavy atom. The molecule has 2 rings (SSSR count). The van der Waals surface area contributed by atoms with Crippen LogP contribution in [0.5, 0.6) is 0 Å². The van der Waals surface area contributed by atoms with E-state index in [0.29, 0.717) is 27.0 Å². The standard InChI is InChI=1S/C17H16Cl2N2O3/c1-10-7-8-12(18)16(15(10)19)21-14(22)9-24-17(23)11-5-3-4-6-13(11)20-2/h3-8,20H,9H2,1-2H3,(H,21,22). The third-order valence-electron chi connectivity index (χ3n) is 3.30. The van der Waals surface area contributed by atoms with Crippen LogP contribution in [0.3, 0.4) is 0 Å². The zero-order valence-corrected chi connectivity index (χ0v) is 14.7. The minimum Gasteiger partial charge on any atom is -0.452 e. The number of aryl methyl sites for hydroxylation is 1. The average Bonchev–Trinajstić information content (AvgIpc) is 2.59. The molecule has 0 saturated heterocycles. The van der Waals surface area contributed by atoms with E-state index in [9.17, 15) is 9.59 Å². The number of rotatable bonds is 5. The Morgan fingerprint density at radius 2 is 1.83 bits per heavy atom. The van der Waals surface area contributed by atoms with Gasteiger partial charge in [-0.3, -0.25) is 4.79 Å². The summed E-state index contributed by atoms with van der Waals surface area (Å²) in [7, 11) is 1.69. The van der Waals surface area contributed by atoms with E-state index in [0.717, 1.165) is 5.56 Å². The van der Waals surface area contributed by atoms with Gasteiger partial charge in [0.1, 0.15) is 0 Å². The van der Waals surface area contributed by atoms with Crippen molar-refractivity contribution in [3.05, 3.63) is 57.6 Å². The van der Waals surface area contributed by atoms with Crippen LogP contribution in [0.15, 0.2) is 36.4 Å². The molecule has 2 aromatic rings. The maximum Gasteiger partial charge on any atom is 0.340 e. The predicted molar refractivity (Wildman–Crippen MR) is 96.1 cm³/mol. The van der Waals surface area contributed by atoms with Crippen LogP contribution in [0, 0.1) is 6.92 Å². The minimum atomic E-state index is -0.600. The summed E-state index contributed by atoms with van der Waals surface area (Å²) in [5, 5.41) is 6.11. The molecule has 0 aromatic heterocycles. The molecule has 0 radical (unpaired) electrons. The molecule has 0 aliphatic heterocycles. The van der Waals surface area contributed by atoms with Gasteiger partial charge in [0.2, 0.25) is 0 Å². The van der Waals surface area contributed by atoms with Crippen molar-refractivity contribution in [2.24, 2.45) is 0 Å². The van der Waals surface area contributed by atoms with Crippen molar-refractivity contribution in [3.8, 4) is 0 Å². The van der Waals surface area contributed by atoms with Crippen LogP contribution in [0.1, 0.15) is 15.9 Å². The van der Waals surface area contributed by atoms with Gasteiger partial charge < -0.3 is 15.4 Å². The van der Waals surface area contributed by atoms with E-state index in [4.69, 9.17) is 27.9 Å². The molecule has 2 aromatic carbocycles. The lowest BCUT2D eigenvalue weighted by Crippen LogP contribution is -2.21. The lowest BCUT2D eigenvalue weighted by atomic mass is 10.2. The fourth-order valence-corrected chi connectivity index (χ4v) is 2.50. The van der Waals surface area contributed by atoms with Crippen LogP contribution in [0.4, 0.5) is 11.4 Å². The Bertz CT molecular complexity index is 778. The summed E-state index contributed by atoms with van der Waals surface area (Å²) >= 11 is 12.2. The van der Waals surface area contributed by atoms with Crippen LogP contribution in [-0.4, -0.2) is 25.5 Å². The smallest absolute Gasteiger partial charge is 0.340 e. The van der Waals surface area contributed by atoms with E-state index < -0.39 is 18.5 Å². The first-order chi connectivity index (χ1) is 11.4. The molecule has 0 heterocycles. The third kappa shape index (κ3) is 4.19. The maximum absolute atomic E-state index is 12.1. The third-order valence-corrected chi connectivity index (χ3v) is 4.10. The Hall–Kier alpha value is -2.24. The van der Waals surface area contributed by atoms with Gasteiger partial charge in [-0.2, -0.15) is 0 Å². The quantitative estimate of drug-likeness (QED) is 0.780. The molecule has 126 valence electrons. The monoisotopic (exact) mass is 366 g/mol. The number of carbonyl (C=O) groups excluding carboxylic acids is 2. The van der Waals surface area contributed by atoms with Gasteiger partial charge in [0.15, 0.2) is 6.61 Å². The molecular weight excluding hydrogens is 351 g/mol. The molecule has 5 nitrogen and oxygen atoms in total. The molecule has 0 spiro atoms.